The zero-order chi connectivity index (χ0) is 12.0. The molecule has 0 saturated carbocycles. The number of esters is 1. The lowest BCUT2D eigenvalue weighted by Crippen LogP contribution is -2.20. The Balaban J connectivity index is 2.83. The zero-order valence-electron chi connectivity index (χ0n) is 8.47. The van der Waals surface area contributed by atoms with Crippen molar-refractivity contribution in [2.75, 3.05) is 25.3 Å². The Kier molecular flexibility index (Phi) is 5.00. The van der Waals surface area contributed by atoms with E-state index < -0.39 is 5.97 Å². The normalized spacial score (nSPS) is 11.2. The molecule has 8 heteroatoms. The van der Waals surface area contributed by atoms with Gasteiger partial charge in [-0.2, -0.15) is 0 Å². The molecule has 0 amide bonds. The number of hydrogen-bond donors (Lipinski definition) is 1. The number of ether oxygens (including phenoxy) is 1. The predicted molar refractivity (Wildman–Crippen MR) is 61.8 cm³/mol. The van der Waals surface area contributed by atoms with E-state index in [0.717, 1.165) is 0 Å². The maximum atomic E-state index is 11.5. The SMILES string of the molecule is CO/N=C(\C(=O)OCCCl)c1csc(N)n1. The first-order chi connectivity index (χ1) is 7.69. The van der Waals surface area contributed by atoms with Gasteiger partial charge in [-0.3, -0.25) is 0 Å². The largest absolute Gasteiger partial charge is 0.460 e. The fraction of sp³-hybridized carbons (Fsp3) is 0.375. The molecule has 0 spiro atoms. The van der Waals surface area contributed by atoms with Gasteiger partial charge in [-0.15, -0.1) is 22.9 Å². The van der Waals surface area contributed by atoms with Crippen LogP contribution in [0.5, 0.6) is 0 Å². The van der Waals surface area contributed by atoms with Crippen molar-refractivity contribution in [1.82, 2.24) is 4.98 Å². The molecule has 1 aromatic rings. The number of halogens is 1. The van der Waals surface area contributed by atoms with E-state index in [-0.39, 0.29) is 18.2 Å². The van der Waals surface area contributed by atoms with Gasteiger partial charge >= 0.3 is 5.97 Å². The molecule has 0 saturated heterocycles. The Bertz CT molecular complexity index is 394. The van der Waals surface area contributed by atoms with Gasteiger partial charge in [0.1, 0.15) is 19.4 Å². The third kappa shape index (κ3) is 3.35. The van der Waals surface area contributed by atoms with Crippen LogP contribution in [0.1, 0.15) is 5.69 Å². The van der Waals surface area contributed by atoms with Crippen molar-refractivity contribution in [3.05, 3.63) is 11.1 Å². The number of carbonyl (C=O) groups is 1. The van der Waals surface area contributed by atoms with E-state index in [0.29, 0.717) is 10.8 Å². The molecule has 0 aliphatic carbocycles. The number of anilines is 1. The van der Waals surface area contributed by atoms with Gasteiger partial charge in [0.05, 0.1) is 5.88 Å². The number of carbonyl (C=O) groups excluding carboxylic acids is 1. The minimum Gasteiger partial charge on any atom is -0.460 e. The van der Waals surface area contributed by atoms with Crippen LogP contribution in [0.2, 0.25) is 0 Å². The average molecular weight is 264 g/mol. The summed E-state index contributed by atoms with van der Waals surface area (Å²) < 4.78 is 4.81. The van der Waals surface area contributed by atoms with Crippen molar-refractivity contribution in [1.29, 1.82) is 0 Å². The monoisotopic (exact) mass is 263 g/mol. The smallest absolute Gasteiger partial charge is 0.362 e. The van der Waals surface area contributed by atoms with E-state index >= 15 is 0 Å². The second-order valence-corrected chi connectivity index (χ2v) is 3.79. The molecule has 0 aliphatic heterocycles. The Morgan fingerprint density at radius 2 is 2.50 bits per heavy atom. The van der Waals surface area contributed by atoms with Crippen LogP contribution in [-0.2, 0) is 14.4 Å². The van der Waals surface area contributed by atoms with Crippen LogP contribution in [0, 0.1) is 0 Å². The van der Waals surface area contributed by atoms with Crippen molar-refractivity contribution in [2.24, 2.45) is 5.16 Å². The van der Waals surface area contributed by atoms with Crippen molar-refractivity contribution < 1.29 is 14.4 Å². The lowest BCUT2D eigenvalue weighted by molar-refractivity contribution is -0.135. The van der Waals surface area contributed by atoms with Gasteiger partial charge in [0.15, 0.2) is 5.13 Å². The van der Waals surface area contributed by atoms with Crippen molar-refractivity contribution in [3.8, 4) is 0 Å². The maximum Gasteiger partial charge on any atom is 0.362 e. The number of thiazole rings is 1. The summed E-state index contributed by atoms with van der Waals surface area (Å²) in [5, 5.41) is 5.48. The summed E-state index contributed by atoms with van der Waals surface area (Å²) in [7, 11) is 1.32. The van der Waals surface area contributed by atoms with E-state index in [2.05, 4.69) is 15.0 Å². The third-order valence-corrected chi connectivity index (χ3v) is 2.28. The number of nitrogen functional groups attached to an aromatic ring is 1. The first-order valence-corrected chi connectivity index (χ1v) is 5.66. The molecule has 1 heterocycles. The Morgan fingerprint density at radius 1 is 1.75 bits per heavy atom. The highest BCUT2D eigenvalue weighted by atomic mass is 35.5. The number of nitrogens with two attached hydrogens (primary N) is 1. The highest BCUT2D eigenvalue weighted by molar-refractivity contribution is 7.13. The molecule has 2 N–H and O–H groups in total. The Hall–Kier alpha value is -1.34. The molecular weight excluding hydrogens is 254 g/mol. The van der Waals surface area contributed by atoms with Crippen LogP contribution in [-0.4, -0.2) is 36.3 Å². The Morgan fingerprint density at radius 3 is 3.00 bits per heavy atom. The number of aromatic nitrogens is 1. The first-order valence-electron chi connectivity index (χ1n) is 4.24. The fourth-order valence-corrected chi connectivity index (χ4v) is 1.50. The summed E-state index contributed by atoms with van der Waals surface area (Å²) in [6, 6.07) is 0. The Labute approximate surface area is 101 Å². The molecule has 6 nitrogen and oxygen atoms in total. The second kappa shape index (κ2) is 6.29. The standard InChI is InChI=1S/C8H10ClN3O3S/c1-14-12-6(7(13)15-3-2-9)5-4-16-8(10)11-5/h4H,2-3H2,1H3,(H2,10,11)/b12-6-. The van der Waals surface area contributed by atoms with Gasteiger partial charge in [0.2, 0.25) is 5.71 Å². The molecule has 0 bridgehead atoms. The number of alkyl halides is 1. The minimum absolute atomic E-state index is 0.0273. The van der Waals surface area contributed by atoms with Crippen LogP contribution >= 0.6 is 22.9 Å². The van der Waals surface area contributed by atoms with Crippen molar-refractivity contribution >= 4 is 39.8 Å². The zero-order valence-corrected chi connectivity index (χ0v) is 10.0. The van der Waals surface area contributed by atoms with E-state index in [1.807, 2.05) is 0 Å². The molecule has 0 unspecified atom stereocenters. The molecule has 88 valence electrons. The third-order valence-electron chi connectivity index (χ3n) is 1.45. The summed E-state index contributed by atoms with van der Waals surface area (Å²) >= 11 is 6.59. The van der Waals surface area contributed by atoms with Crippen LogP contribution in [0.15, 0.2) is 10.5 Å². The fourth-order valence-electron chi connectivity index (χ4n) is 0.876. The number of oxime groups is 1. The van der Waals surface area contributed by atoms with Crippen molar-refractivity contribution in [2.45, 2.75) is 0 Å². The molecule has 1 aromatic heterocycles. The van der Waals surface area contributed by atoms with Crippen LogP contribution in [0.25, 0.3) is 0 Å². The highest BCUT2D eigenvalue weighted by Crippen LogP contribution is 2.12. The molecular formula is C8H10ClN3O3S. The molecule has 0 aliphatic rings. The minimum atomic E-state index is -0.646. The van der Waals surface area contributed by atoms with Gasteiger partial charge in [0.25, 0.3) is 0 Å². The second-order valence-electron chi connectivity index (χ2n) is 2.52. The molecule has 16 heavy (non-hydrogen) atoms. The van der Waals surface area contributed by atoms with E-state index in [1.165, 1.54) is 18.4 Å². The van der Waals surface area contributed by atoms with Crippen LogP contribution < -0.4 is 5.73 Å². The van der Waals surface area contributed by atoms with Gasteiger partial charge in [0, 0.05) is 5.38 Å². The highest BCUT2D eigenvalue weighted by Gasteiger charge is 2.19. The van der Waals surface area contributed by atoms with Crippen LogP contribution in [0.4, 0.5) is 5.13 Å². The quantitative estimate of drug-likeness (QED) is 0.368. The number of nitrogens with zero attached hydrogens (tertiary/aromatic N) is 2. The average Bonchev–Trinajstić information content (AvgIpc) is 2.69. The topological polar surface area (TPSA) is 86.8 Å². The predicted octanol–water partition coefficient (Wildman–Crippen LogP) is 0.858. The summed E-state index contributed by atoms with van der Waals surface area (Å²) in [6.45, 7) is 0.0999. The van der Waals surface area contributed by atoms with E-state index in [9.17, 15) is 4.79 Å². The van der Waals surface area contributed by atoms with Crippen molar-refractivity contribution in [3.63, 3.8) is 0 Å². The number of rotatable bonds is 5. The van der Waals surface area contributed by atoms with Gasteiger partial charge in [-0.1, -0.05) is 5.16 Å². The molecule has 0 radical (unpaired) electrons. The summed E-state index contributed by atoms with van der Waals surface area (Å²) in [4.78, 5) is 20.0. The summed E-state index contributed by atoms with van der Waals surface area (Å²) in [6.07, 6.45) is 0. The number of hydrogen-bond acceptors (Lipinski definition) is 7. The lowest BCUT2D eigenvalue weighted by atomic mass is 10.3. The molecule has 1 rings (SSSR count). The lowest BCUT2D eigenvalue weighted by Gasteiger charge is -2.02. The maximum absolute atomic E-state index is 11.5. The van der Waals surface area contributed by atoms with E-state index in [4.69, 9.17) is 22.1 Å². The molecule has 0 aromatic carbocycles. The van der Waals surface area contributed by atoms with Gasteiger partial charge in [-0.05, 0) is 0 Å². The first kappa shape index (κ1) is 12.7. The molecule has 0 fully saturated rings. The van der Waals surface area contributed by atoms with Crippen LogP contribution in [0.3, 0.4) is 0 Å². The summed E-state index contributed by atoms with van der Waals surface area (Å²) in [5.41, 5.74) is 5.75. The summed E-state index contributed by atoms with van der Waals surface area (Å²) in [5.74, 6) is -0.432. The van der Waals surface area contributed by atoms with Gasteiger partial charge < -0.3 is 15.3 Å². The van der Waals surface area contributed by atoms with E-state index in [1.54, 1.807) is 5.38 Å². The molecule has 0 atom stereocenters. The van der Waals surface area contributed by atoms with Gasteiger partial charge in [-0.25, -0.2) is 9.78 Å².